The Labute approximate surface area is 152 Å². The van der Waals surface area contributed by atoms with Gasteiger partial charge in [-0.2, -0.15) is 0 Å². The Morgan fingerprint density at radius 1 is 1.23 bits per heavy atom. The third-order valence-electron chi connectivity index (χ3n) is 4.36. The predicted octanol–water partition coefficient (Wildman–Crippen LogP) is 2.69. The van der Waals surface area contributed by atoms with E-state index in [1.165, 1.54) is 4.90 Å². The van der Waals surface area contributed by atoms with E-state index in [0.717, 1.165) is 5.56 Å². The summed E-state index contributed by atoms with van der Waals surface area (Å²) in [7, 11) is 1.60. The molecule has 0 bridgehead atoms. The van der Waals surface area contributed by atoms with Crippen molar-refractivity contribution in [2.75, 3.05) is 18.6 Å². The van der Waals surface area contributed by atoms with Crippen molar-refractivity contribution >= 4 is 17.5 Å². The molecule has 26 heavy (non-hydrogen) atoms. The number of carbonyl (C=O) groups excluding carboxylic acids is 2. The standard InChI is InChI=1S/C20H22N2O4/c1-13(15-8-4-6-10-17(15)25-3)21-19(23)12-22-16-9-5-7-11-18(16)26-14(2)20(22)24/h4-11,13-14H,12H2,1-3H3,(H,21,23)/t13-,14-/m0/s1. The van der Waals surface area contributed by atoms with Crippen molar-refractivity contribution in [3.63, 3.8) is 0 Å². The van der Waals surface area contributed by atoms with Gasteiger partial charge in [-0.3, -0.25) is 14.5 Å². The van der Waals surface area contributed by atoms with Crippen LogP contribution < -0.4 is 19.7 Å². The van der Waals surface area contributed by atoms with Crippen LogP contribution in [0.1, 0.15) is 25.5 Å². The van der Waals surface area contributed by atoms with Gasteiger partial charge in [-0.25, -0.2) is 0 Å². The van der Waals surface area contributed by atoms with Gasteiger partial charge in [0.05, 0.1) is 18.8 Å². The van der Waals surface area contributed by atoms with Gasteiger partial charge in [0.25, 0.3) is 5.91 Å². The molecule has 0 saturated heterocycles. The summed E-state index contributed by atoms with van der Waals surface area (Å²) in [6.07, 6.45) is -0.621. The summed E-state index contributed by atoms with van der Waals surface area (Å²) < 4.78 is 10.9. The number of para-hydroxylation sites is 3. The van der Waals surface area contributed by atoms with Crippen LogP contribution in [0.15, 0.2) is 48.5 Å². The lowest BCUT2D eigenvalue weighted by atomic mass is 10.1. The third kappa shape index (κ3) is 3.49. The van der Waals surface area contributed by atoms with Crippen molar-refractivity contribution in [2.24, 2.45) is 0 Å². The zero-order chi connectivity index (χ0) is 18.7. The molecule has 1 aliphatic rings. The van der Waals surface area contributed by atoms with Crippen LogP contribution in [0.5, 0.6) is 11.5 Å². The lowest BCUT2D eigenvalue weighted by Crippen LogP contribution is -2.49. The summed E-state index contributed by atoms with van der Waals surface area (Å²) in [4.78, 5) is 26.5. The van der Waals surface area contributed by atoms with Crippen LogP contribution >= 0.6 is 0 Å². The van der Waals surface area contributed by atoms with E-state index in [4.69, 9.17) is 9.47 Å². The number of carbonyl (C=O) groups is 2. The molecule has 6 nitrogen and oxygen atoms in total. The average molecular weight is 354 g/mol. The van der Waals surface area contributed by atoms with E-state index in [1.807, 2.05) is 43.3 Å². The second kappa shape index (κ2) is 7.47. The monoisotopic (exact) mass is 354 g/mol. The summed E-state index contributed by atoms with van der Waals surface area (Å²) in [5.41, 5.74) is 1.49. The molecule has 0 unspecified atom stereocenters. The van der Waals surface area contributed by atoms with Crippen LogP contribution in [0.3, 0.4) is 0 Å². The van der Waals surface area contributed by atoms with E-state index in [0.29, 0.717) is 17.2 Å². The number of hydrogen-bond acceptors (Lipinski definition) is 4. The molecule has 0 saturated carbocycles. The minimum Gasteiger partial charge on any atom is -0.496 e. The molecule has 0 aromatic heterocycles. The number of nitrogens with one attached hydrogen (secondary N) is 1. The smallest absolute Gasteiger partial charge is 0.268 e. The van der Waals surface area contributed by atoms with E-state index in [-0.39, 0.29) is 24.4 Å². The van der Waals surface area contributed by atoms with Crippen LogP contribution in [0, 0.1) is 0 Å². The van der Waals surface area contributed by atoms with Gasteiger partial charge >= 0.3 is 0 Å². The first-order chi connectivity index (χ1) is 12.5. The second-order valence-electron chi connectivity index (χ2n) is 6.18. The van der Waals surface area contributed by atoms with E-state index in [9.17, 15) is 9.59 Å². The maximum atomic E-state index is 12.6. The highest BCUT2D eigenvalue weighted by Gasteiger charge is 2.32. The van der Waals surface area contributed by atoms with Gasteiger partial charge < -0.3 is 14.8 Å². The Morgan fingerprint density at radius 2 is 1.92 bits per heavy atom. The highest BCUT2D eigenvalue weighted by Crippen LogP contribution is 2.33. The molecular weight excluding hydrogens is 332 g/mol. The molecule has 3 rings (SSSR count). The zero-order valence-electron chi connectivity index (χ0n) is 15.1. The number of ether oxygens (including phenoxy) is 2. The molecule has 1 heterocycles. The lowest BCUT2D eigenvalue weighted by molar-refractivity contribution is -0.128. The summed E-state index contributed by atoms with van der Waals surface area (Å²) in [6.45, 7) is 3.50. The van der Waals surface area contributed by atoms with Gasteiger partial charge in [0.15, 0.2) is 6.10 Å². The van der Waals surface area contributed by atoms with Crippen molar-refractivity contribution in [2.45, 2.75) is 26.0 Å². The number of amides is 2. The fourth-order valence-corrected chi connectivity index (χ4v) is 3.05. The van der Waals surface area contributed by atoms with Crippen LogP contribution in [0.2, 0.25) is 0 Å². The maximum Gasteiger partial charge on any atom is 0.268 e. The molecule has 0 fully saturated rings. The van der Waals surface area contributed by atoms with Gasteiger partial charge in [0.1, 0.15) is 18.0 Å². The summed E-state index contributed by atoms with van der Waals surface area (Å²) in [5.74, 6) is 0.830. The minimum atomic E-state index is -0.621. The summed E-state index contributed by atoms with van der Waals surface area (Å²) in [5, 5.41) is 2.93. The largest absolute Gasteiger partial charge is 0.496 e. The first kappa shape index (κ1) is 17.8. The molecule has 2 aromatic carbocycles. The number of rotatable bonds is 5. The number of hydrogen-bond donors (Lipinski definition) is 1. The molecule has 2 amide bonds. The van der Waals surface area contributed by atoms with Crippen molar-refractivity contribution in [3.8, 4) is 11.5 Å². The second-order valence-corrected chi connectivity index (χ2v) is 6.18. The fraction of sp³-hybridized carbons (Fsp3) is 0.300. The molecule has 2 aromatic rings. The molecule has 2 atom stereocenters. The van der Waals surface area contributed by atoms with E-state index in [2.05, 4.69) is 5.32 Å². The van der Waals surface area contributed by atoms with Crippen LogP contribution in [0.4, 0.5) is 5.69 Å². The van der Waals surface area contributed by atoms with Gasteiger partial charge in [0, 0.05) is 5.56 Å². The third-order valence-corrected chi connectivity index (χ3v) is 4.36. The van der Waals surface area contributed by atoms with Gasteiger partial charge in [0.2, 0.25) is 5.91 Å². The van der Waals surface area contributed by atoms with E-state index in [1.54, 1.807) is 26.2 Å². The quantitative estimate of drug-likeness (QED) is 0.896. The number of fused-ring (bicyclic) bond motifs is 1. The lowest BCUT2D eigenvalue weighted by Gasteiger charge is -2.32. The SMILES string of the molecule is COc1ccccc1[C@H](C)NC(=O)CN1C(=O)[C@H](C)Oc2ccccc21. The van der Waals surface area contributed by atoms with Crippen LogP contribution in [-0.4, -0.2) is 31.6 Å². The normalized spacial score (nSPS) is 17.1. The van der Waals surface area contributed by atoms with Crippen molar-refractivity contribution in [1.82, 2.24) is 5.32 Å². The van der Waals surface area contributed by atoms with Crippen LogP contribution in [-0.2, 0) is 9.59 Å². The number of anilines is 1. The molecule has 0 spiro atoms. The minimum absolute atomic E-state index is 0.0664. The fourth-order valence-electron chi connectivity index (χ4n) is 3.05. The topological polar surface area (TPSA) is 67.9 Å². The van der Waals surface area contributed by atoms with Gasteiger partial charge in [-0.1, -0.05) is 30.3 Å². The molecular formula is C20H22N2O4. The zero-order valence-corrected chi connectivity index (χ0v) is 15.1. The van der Waals surface area contributed by atoms with Crippen LogP contribution in [0.25, 0.3) is 0 Å². The average Bonchev–Trinajstić information content (AvgIpc) is 2.65. The predicted molar refractivity (Wildman–Crippen MR) is 98.4 cm³/mol. The first-order valence-electron chi connectivity index (χ1n) is 8.50. The Balaban J connectivity index is 1.74. The number of benzene rings is 2. The molecule has 0 radical (unpaired) electrons. The highest BCUT2D eigenvalue weighted by molar-refractivity contribution is 6.03. The molecule has 6 heteroatoms. The number of nitrogens with zero attached hydrogens (tertiary/aromatic N) is 1. The Kier molecular flexibility index (Phi) is 5.11. The Morgan fingerprint density at radius 3 is 2.69 bits per heavy atom. The van der Waals surface area contributed by atoms with E-state index >= 15 is 0 Å². The Bertz CT molecular complexity index is 821. The molecule has 136 valence electrons. The highest BCUT2D eigenvalue weighted by atomic mass is 16.5. The van der Waals surface area contributed by atoms with Gasteiger partial charge in [-0.05, 0) is 32.0 Å². The van der Waals surface area contributed by atoms with Crippen molar-refractivity contribution in [1.29, 1.82) is 0 Å². The van der Waals surface area contributed by atoms with Gasteiger partial charge in [-0.15, -0.1) is 0 Å². The Hall–Kier alpha value is -3.02. The summed E-state index contributed by atoms with van der Waals surface area (Å²) in [6, 6.07) is 14.5. The molecule has 1 aliphatic heterocycles. The molecule has 1 N–H and O–H groups in total. The molecule has 0 aliphatic carbocycles. The van der Waals surface area contributed by atoms with Crippen molar-refractivity contribution < 1.29 is 19.1 Å². The van der Waals surface area contributed by atoms with Crippen molar-refractivity contribution in [3.05, 3.63) is 54.1 Å². The number of methoxy groups -OCH3 is 1. The maximum absolute atomic E-state index is 12.6. The van der Waals surface area contributed by atoms with E-state index < -0.39 is 6.10 Å². The summed E-state index contributed by atoms with van der Waals surface area (Å²) >= 11 is 0. The first-order valence-corrected chi connectivity index (χ1v) is 8.50.